The van der Waals surface area contributed by atoms with Gasteiger partial charge in [0, 0.05) is 18.0 Å². The standard InChI is InChI=1S/C16H25N5O4S/c1-4-7-8-21-15(24)19-20-16(21)26-9-11-12(13(22)25-6-3)10(5-2)17-14(23)18-11/h10H,4-9H2,1-3H3,(H,19,24)(H2,17,18,23)/t10-/m1/s1. The molecule has 0 aliphatic carbocycles. The van der Waals surface area contributed by atoms with Crippen LogP contribution in [0.5, 0.6) is 0 Å². The van der Waals surface area contributed by atoms with Crippen molar-refractivity contribution >= 4 is 23.8 Å². The molecule has 2 heterocycles. The van der Waals surface area contributed by atoms with E-state index < -0.39 is 12.0 Å². The van der Waals surface area contributed by atoms with Crippen LogP contribution in [-0.4, -0.2) is 45.2 Å². The number of H-pyrrole nitrogens is 1. The Morgan fingerprint density at radius 2 is 2.08 bits per heavy atom. The van der Waals surface area contributed by atoms with Gasteiger partial charge in [-0.2, -0.15) is 0 Å². The molecular formula is C16H25N5O4S. The van der Waals surface area contributed by atoms with Gasteiger partial charge in [-0.05, 0) is 19.8 Å². The second-order valence-electron chi connectivity index (χ2n) is 5.78. The highest BCUT2D eigenvalue weighted by atomic mass is 32.2. The number of carbonyl (C=O) groups excluding carboxylic acids is 2. The van der Waals surface area contributed by atoms with Gasteiger partial charge in [0.05, 0.1) is 18.2 Å². The number of amides is 2. The molecule has 1 atom stereocenters. The first kappa shape index (κ1) is 20.1. The molecule has 1 aromatic heterocycles. The number of aromatic amines is 1. The molecule has 9 nitrogen and oxygen atoms in total. The van der Waals surface area contributed by atoms with E-state index in [9.17, 15) is 14.4 Å². The zero-order chi connectivity index (χ0) is 19.1. The van der Waals surface area contributed by atoms with Crippen molar-refractivity contribution in [3.63, 3.8) is 0 Å². The molecule has 1 aromatic rings. The van der Waals surface area contributed by atoms with E-state index in [1.165, 1.54) is 11.8 Å². The third-order valence-electron chi connectivity index (χ3n) is 3.95. The minimum atomic E-state index is -0.451. The highest BCUT2D eigenvalue weighted by Gasteiger charge is 2.31. The maximum absolute atomic E-state index is 12.4. The van der Waals surface area contributed by atoms with Crippen LogP contribution in [0.15, 0.2) is 21.2 Å². The highest BCUT2D eigenvalue weighted by Crippen LogP contribution is 2.23. The van der Waals surface area contributed by atoms with E-state index in [2.05, 4.69) is 20.8 Å². The summed E-state index contributed by atoms with van der Waals surface area (Å²) >= 11 is 1.29. The number of aromatic nitrogens is 3. The summed E-state index contributed by atoms with van der Waals surface area (Å²) in [5.41, 5.74) is 0.641. The van der Waals surface area contributed by atoms with Crippen LogP contribution in [0.4, 0.5) is 4.79 Å². The molecule has 10 heteroatoms. The lowest BCUT2D eigenvalue weighted by atomic mass is 10.0. The minimum absolute atomic E-state index is 0.253. The van der Waals surface area contributed by atoms with Gasteiger partial charge in [-0.25, -0.2) is 19.5 Å². The second kappa shape index (κ2) is 9.46. The lowest BCUT2D eigenvalue weighted by Crippen LogP contribution is -2.50. The average molecular weight is 383 g/mol. The Hall–Kier alpha value is -2.23. The zero-order valence-corrected chi connectivity index (χ0v) is 16.1. The summed E-state index contributed by atoms with van der Waals surface area (Å²) in [6.07, 6.45) is 2.39. The van der Waals surface area contributed by atoms with Gasteiger partial charge in [0.1, 0.15) is 0 Å². The first-order valence-corrected chi connectivity index (χ1v) is 9.75. The highest BCUT2D eigenvalue weighted by molar-refractivity contribution is 7.99. The van der Waals surface area contributed by atoms with E-state index in [4.69, 9.17) is 4.74 Å². The fourth-order valence-corrected chi connectivity index (χ4v) is 3.58. The van der Waals surface area contributed by atoms with E-state index in [0.29, 0.717) is 35.1 Å². The number of nitrogens with zero attached hydrogens (tertiary/aromatic N) is 2. The Bertz CT molecular complexity index is 739. The Kier molecular flexibility index (Phi) is 7.31. The Balaban J connectivity index is 2.24. The van der Waals surface area contributed by atoms with Gasteiger partial charge < -0.3 is 15.4 Å². The molecule has 1 aliphatic rings. The maximum Gasteiger partial charge on any atom is 0.343 e. The summed E-state index contributed by atoms with van der Waals surface area (Å²) in [6.45, 7) is 6.49. The number of rotatable bonds is 9. The summed E-state index contributed by atoms with van der Waals surface area (Å²) in [5, 5.41) is 12.4. The Morgan fingerprint density at radius 1 is 1.31 bits per heavy atom. The lowest BCUT2D eigenvalue weighted by Gasteiger charge is -2.28. The molecule has 3 N–H and O–H groups in total. The molecule has 0 aromatic carbocycles. The Morgan fingerprint density at radius 3 is 2.73 bits per heavy atom. The summed E-state index contributed by atoms with van der Waals surface area (Å²) < 4.78 is 6.71. The molecule has 144 valence electrons. The van der Waals surface area contributed by atoms with Crippen molar-refractivity contribution in [3.8, 4) is 0 Å². The molecule has 0 fully saturated rings. The van der Waals surface area contributed by atoms with E-state index in [1.54, 1.807) is 11.5 Å². The van der Waals surface area contributed by atoms with Gasteiger partial charge >= 0.3 is 17.7 Å². The first-order valence-electron chi connectivity index (χ1n) is 8.77. The monoisotopic (exact) mass is 383 g/mol. The molecule has 0 bridgehead atoms. The van der Waals surface area contributed by atoms with Gasteiger partial charge in [-0.3, -0.25) is 4.57 Å². The van der Waals surface area contributed by atoms with Gasteiger partial charge in [-0.1, -0.05) is 32.0 Å². The van der Waals surface area contributed by atoms with Crippen molar-refractivity contribution in [1.82, 2.24) is 25.4 Å². The molecule has 26 heavy (non-hydrogen) atoms. The molecule has 0 unspecified atom stereocenters. The number of thioether (sulfide) groups is 1. The fraction of sp³-hybridized carbons (Fsp3) is 0.625. The molecule has 2 amide bonds. The van der Waals surface area contributed by atoms with Crippen LogP contribution in [0.3, 0.4) is 0 Å². The van der Waals surface area contributed by atoms with Crippen LogP contribution in [-0.2, 0) is 16.1 Å². The molecular weight excluding hydrogens is 358 g/mol. The smallest absolute Gasteiger partial charge is 0.343 e. The third-order valence-corrected chi connectivity index (χ3v) is 4.95. The van der Waals surface area contributed by atoms with Crippen molar-refractivity contribution in [2.45, 2.75) is 57.8 Å². The quantitative estimate of drug-likeness (QED) is 0.438. The fourth-order valence-electron chi connectivity index (χ4n) is 2.64. The first-order chi connectivity index (χ1) is 12.5. The molecule has 0 radical (unpaired) electrons. The van der Waals surface area contributed by atoms with Crippen molar-refractivity contribution in [1.29, 1.82) is 0 Å². The van der Waals surface area contributed by atoms with Crippen LogP contribution in [0, 0.1) is 0 Å². The van der Waals surface area contributed by atoms with E-state index in [-0.39, 0.29) is 18.3 Å². The number of carbonyl (C=O) groups is 2. The number of ether oxygens (including phenoxy) is 1. The molecule has 2 rings (SSSR count). The van der Waals surface area contributed by atoms with Crippen LogP contribution in [0.25, 0.3) is 0 Å². The van der Waals surface area contributed by atoms with Crippen molar-refractivity contribution in [2.75, 3.05) is 12.4 Å². The molecule has 0 spiro atoms. The predicted molar refractivity (Wildman–Crippen MR) is 97.9 cm³/mol. The van der Waals surface area contributed by atoms with E-state index in [1.807, 2.05) is 13.8 Å². The summed E-state index contributed by atoms with van der Waals surface area (Å²) in [6, 6.07) is -0.759. The normalized spacial score (nSPS) is 17.0. The van der Waals surface area contributed by atoms with Crippen molar-refractivity contribution in [3.05, 3.63) is 21.8 Å². The number of urea groups is 1. The number of hydrogen-bond donors (Lipinski definition) is 3. The van der Waals surface area contributed by atoms with Crippen molar-refractivity contribution in [2.24, 2.45) is 0 Å². The molecule has 1 aliphatic heterocycles. The van der Waals surface area contributed by atoms with Crippen LogP contribution >= 0.6 is 11.8 Å². The van der Waals surface area contributed by atoms with Crippen LogP contribution in [0.1, 0.15) is 40.0 Å². The number of nitrogens with one attached hydrogen (secondary N) is 3. The third kappa shape index (κ3) is 4.69. The average Bonchev–Trinajstić information content (AvgIpc) is 2.97. The van der Waals surface area contributed by atoms with Crippen molar-refractivity contribution < 1.29 is 14.3 Å². The minimum Gasteiger partial charge on any atom is -0.463 e. The van der Waals surface area contributed by atoms with Crippen LogP contribution < -0.4 is 16.3 Å². The second-order valence-corrected chi connectivity index (χ2v) is 6.72. The summed E-state index contributed by atoms with van der Waals surface area (Å²) in [4.78, 5) is 36.1. The van der Waals surface area contributed by atoms with E-state index in [0.717, 1.165) is 12.8 Å². The largest absolute Gasteiger partial charge is 0.463 e. The molecule has 0 saturated carbocycles. The topological polar surface area (TPSA) is 118 Å². The summed E-state index contributed by atoms with van der Waals surface area (Å²) in [7, 11) is 0. The van der Waals surface area contributed by atoms with Gasteiger partial charge in [0.2, 0.25) is 0 Å². The lowest BCUT2D eigenvalue weighted by molar-refractivity contribution is -0.139. The van der Waals surface area contributed by atoms with Gasteiger partial charge in [0.25, 0.3) is 0 Å². The van der Waals surface area contributed by atoms with Gasteiger partial charge in [0.15, 0.2) is 5.16 Å². The summed E-state index contributed by atoms with van der Waals surface area (Å²) in [5.74, 6) is -0.151. The SMILES string of the molecule is CCCCn1c(SCC2=C(C(=O)OCC)[C@@H](CC)NC(=O)N2)n[nH]c1=O. The number of esters is 1. The van der Waals surface area contributed by atoms with Crippen LogP contribution in [0.2, 0.25) is 0 Å². The van der Waals surface area contributed by atoms with E-state index >= 15 is 0 Å². The molecule has 0 saturated heterocycles. The Labute approximate surface area is 155 Å². The maximum atomic E-state index is 12.4. The number of unbranched alkanes of at least 4 members (excludes halogenated alkanes) is 1. The van der Waals surface area contributed by atoms with Gasteiger partial charge in [-0.15, -0.1) is 5.10 Å². The predicted octanol–water partition coefficient (Wildman–Crippen LogP) is 1.37. The zero-order valence-electron chi connectivity index (χ0n) is 15.3. The number of hydrogen-bond acceptors (Lipinski definition) is 6.